The van der Waals surface area contributed by atoms with E-state index in [4.69, 9.17) is 4.74 Å². The second kappa shape index (κ2) is 4.47. The van der Waals surface area contributed by atoms with Crippen molar-refractivity contribution in [3.05, 3.63) is 29.8 Å². The highest BCUT2D eigenvalue weighted by Gasteiger charge is 2.21. The highest BCUT2D eigenvalue weighted by Crippen LogP contribution is 2.28. The third kappa shape index (κ3) is 2.07. The lowest BCUT2D eigenvalue weighted by atomic mass is 10.1. The summed E-state index contributed by atoms with van der Waals surface area (Å²) in [6.45, 7) is 4.22. The van der Waals surface area contributed by atoms with Crippen LogP contribution in [0.3, 0.4) is 0 Å². The van der Waals surface area contributed by atoms with Crippen molar-refractivity contribution in [3.8, 4) is 5.75 Å². The highest BCUT2D eigenvalue weighted by atomic mass is 16.5. The molecular formula is C12H17NO. The Morgan fingerprint density at radius 1 is 1.43 bits per heavy atom. The van der Waals surface area contributed by atoms with Crippen molar-refractivity contribution in [2.75, 3.05) is 13.1 Å². The SMILES string of the molecule is CCNCCC1Cc2ccccc2O1. The van der Waals surface area contributed by atoms with Crippen LogP contribution in [0.5, 0.6) is 5.75 Å². The summed E-state index contributed by atoms with van der Waals surface area (Å²) >= 11 is 0. The topological polar surface area (TPSA) is 21.3 Å². The Balaban J connectivity index is 1.86. The van der Waals surface area contributed by atoms with Crippen molar-refractivity contribution in [1.29, 1.82) is 0 Å². The number of nitrogens with one attached hydrogen (secondary N) is 1. The highest BCUT2D eigenvalue weighted by molar-refractivity contribution is 5.37. The summed E-state index contributed by atoms with van der Waals surface area (Å²) in [6.07, 6.45) is 2.55. The van der Waals surface area contributed by atoms with Crippen LogP contribution < -0.4 is 10.1 Å². The molecule has 1 heterocycles. The fourth-order valence-electron chi connectivity index (χ4n) is 1.85. The average molecular weight is 191 g/mol. The zero-order chi connectivity index (χ0) is 9.80. The minimum atomic E-state index is 0.381. The molecule has 14 heavy (non-hydrogen) atoms. The molecule has 1 aromatic rings. The number of hydrogen-bond donors (Lipinski definition) is 1. The van der Waals surface area contributed by atoms with E-state index in [2.05, 4.69) is 30.4 Å². The first-order valence-electron chi connectivity index (χ1n) is 5.35. The van der Waals surface area contributed by atoms with Crippen LogP contribution in [0.4, 0.5) is 0 Å². The molecule has 0 spiro atoms. The van der Waals surface area contributed by atoms with Gasteiger partial charge in [0.1, 0.15) is 11.9 Å². The molecule has 2 rings (SSSR count). The summed E-state index contributed by atoms with van der Waals surface area (Å²) in [5.41, 5.74) is 1.36. The summed E-state index contributed by atoms with van der Waals surface area (Å²) in [6, 6.07) is 8.32. The fraction of sp³-hybridized carbons (Fsp3) is 0.500. The normalized spacial score (nSPS) is 19.1. The van der Waals surface area contributed by atoms with E-state index in [1.54, 1.807) is 0 Å². The number of rotatable bonds is 4. The van der Waals surface area contributed by atoms with Gasteiger partial charge in [-0.3, -0.25) is 0 Å². The Kier molecular flexibility index (Phi) is 3.04. The number of benzene rings is 1. The van der Waals surface area contributed by atoms with Crippen molar-refractivity contribution in [2.24, 2.45) is 0 Å². The predicted octanol–water partition coefficient (Wildman–Crippen LogP) is 1.99. The van der Waals surface area contributed by atoms with E-state index in [0.29, 0.717) is 6.10 Å². The molecule has 0 aromatic heterocycles. The maximum Gasteiger partial charge on any atom is 0.123 e. The van der Waals surface area contributed by atoms with Gasteiger partial charge >= 0.3 is 0 Å². The Morgan fingerprint density at radius 2 is 2.29 bits per heavy atom. The third-order valence-electron chi connectivity index (χ3n) is 2.61. The zero-order valence-corrected chi connectivity index (χ0v) is 8.62. The summed E-state index contributed by atoms with van der Waals surface area (Å²) in [4.78, 5) is 0. The molecule has 0 fully saturated rings. The lowest BCUT2D eigenvalue weighted by molar-refractivity contribution is 0.220. The van der Waals surface area contributed by atoms with Gasteiger partial charge in [-0.2, -0.15) is 0 Å². The Hall–Kier alpha value is -1.02. The van der Waals surface area contributed by atoms with Crippen LogP contribution in [-0.4, -0.2) is 19.2 Å². The van der Waals surface area contributed by atoms with E-state index in [1.807, 2.05) is 6.07 Å². The average Bonchev–Trinajstić information content (AvgIpc) is 2.60. The molecule has 1 unspecified atom stereocenters. The van der Waals surface area contributed by atoms with Gasteiger partial charge in [0.2, 0.25) is 0 Å². The van der Waals surface area contributed by atoms with E-state index >= 15 is 0 Å². The first-order chi connectivity index (χ1) is 6.90. The summed E-state index contributed by atoms with van der Waals surface area (Å²) in [7, 11) is 0. The van der Waals surface area contributed by atoms with Gasteiger partial charge in [-0.25, -0.2) is 0 Å². The lowest BCUT2D eigenvalue weighted by Gasteiger charge is -2.10. The number of hydrogen-bond acceptors (Lipinski definition) is 2. The van der Waals surface area contributed by atoms with Crippen molar-refractivity contribution in [1.82, 2.24) is 5.32 Å². The van der Waals surface area contributed by atoms with Crippen LogP contribution in [0.15, 0.2) is 24.3 Å². The van der Waals surface area contributed by atoms with Crippen molar-refractivity contribution >= 4 is 0 Å². The first-order valence-corrected chi connectivity index (χ1v) is 5.35. The molecule has 0 radical (unpaired) electrons. The Morgan fingerprint density at radius 3 is 3.07 bits per heavy atom. The summed E-state index contributed by atoms with van der Waals surface area (Å²) < 4.78 is 5.81. The van der Waals surface area contributed by atoms with Crippen LogP contribution in [0.25, 0.3) is 0 Å². The molecule has 2 nitrogen and oxygen atoms in total. The molecule has 1 aliphatic rings. The minimum absolute atomic E-state index is 0.381. The Labute approximate surface area is 85.3 Å². The van der Waals surface area contributed by atoms with E-state index in [0.717, 1.165) is 31.7 Å². The predicted molar refractivity (Wildman–Crippen MR) is 57.7 cm³/mol. The first kappa shape index (κ1) is 9.53. The van der Waals surface area contributed by atoms with Gasteiger partial charge in [0, 0.05) is 6.42 Å². The van der Waals surface area contributed by atoms with Crippen molar-refractivity contribution < 1.29 is 4.74 Å². The van der Waals surface area contributed by atoms with Gasteiger partial charge in [-0.15, -0.1) is 0 Å². The van der Waals surface area contributed by atoms with E-state index < -0.39 is 0 Å². The Bertz CT molecular complexity index is 273. The monoisotopic (exact) mass is 191 g/mol. The molecule has 0 saturated carbocycles. The molecule has 76 valence electrons. The van der Waals surface area contributed by atoms with E-state index in [1.165, 1.54) is 5.56 Å². The molecule has 1 aromatic carbocycles. The largest absolute Gasteiger partial charge is 0.490 e. The van der Waals surface area contributed by atoms with Gasteiger partial charge in [-0.1, -0.05) is 25.1 Å². The van der Waals surface area contributed by atoms with Crippen LogP contribution in [0.1, 0.15) is 18.9 Å². The van der Waals surface area contributed by atoms with Crippen LogP contribution in [-0.2, 0) is 6.42 Å². The third-order valence-corrected chi connectivity index (χ3v) is 2.61. The molecule has 2 heteroatoms. The number of para-hydroxylation sites is 1. The fourth-order valence-corrected chi connectivity index (χ4v) is 1.85. The number of ether oxygens (including phenoxy) is 1. The molecule has 1 N–H and O–H groups in total. The van der Waals surface area contributed by atoms with Gasteiger partial charge in [0.05, 0.1) is 0 Å². The maximum atomic E-state index is 5.81. The van der Waals surface area contributed by atoms with Crippen molar-refractivity contribution in [3.63, 3.8) is 0 Å². The van der Waals surface area contributed by atoms with Gasteiger partial charge < -0.3 is 10.1 Å². The van der Waals surface area contributed by atoms with Crippen LogP contribution in [0.2, 0.25) is 0 Å². The molecule has 1 atom stereocenters. The van der Waals surface area contributed by atoms with Crippen molar-refractivity contribution in [2.45, 2.75) is 25.9 Å². The van der Waals surface area contributed by atoms with E-state index in [-0.39, 0.29) is 0 Å². The molecule has 1 aliphatic heterocycles. The molecule has 0 amide bonds. The van der Waals surface area contributed by atoms with Gasteiger partial charge in [0.25, 0.3) is 0 Å². The second-order valence-electron chi connectivity index (χ2n) is 3.69. The molecule has 0 bridgehead atoms. The standard InChI is InChI=1S/C12H17NO/c1-2-13-8-7-11-9-10-5-3-4-6-12(10)14-11/h3-6,11,13H,2,7-9H2,1H3. The van der Waals surface area contributed by atoms with Gasteiger partial charge in [-0.05, 0) is 31.1 Å². The minimum Gasteiger partial charge on any atom is -0.490 e. The number of fused-ring (bicyclic) bond motifs is 1. The molecule has 0 aliphatic carbocycles. The molecule has 0 saturated heterocycles. The smallest absolute Gasteiger partial charge is 0.123 e. The van der Waals surface area contributed by atoms with Gasteiger partial charge in [0.15, 0.2) is 0 Å². The van der Waals surface area contributed by atoms with Crippen LogP contribution >= 0.6 is 0 Å². The zero-order valence-electron chi connectivity index (χ0n) is 8.62. The maximum absolute atomic E-state index is 5.81. The molecular weight excluding hydrogens is 174 g/mol. The van der Waals surface area contributed by atoms with E-state index in [9.17, 15) is 0 Å². The lowest BCUT2D eigenvalue weighted by Crippen LogP contribution is -2.22. The second-order valence-corrected chi connectivity index (χ2v) is 3.69. The summed E-state index contributed by atoms with van der Waals surface area (Å²) in [5, 5.41) is 3.32. The summed E-state index contributed by atoms with van der Waals surface area (Å²) in [5.74, 6) is 1.08. The van der Waals surface area contributed by atoms with Crippen LogP contribution in [0, 0.1) is 0 Å². The quantitative estimate of drug-likeness (QED) is 0.735.